The van der Waals surface area contributed by atoms with Crippen molar-refractivity contribution in [1.29, 1.82) is 0 Å². The Balaban J connectivity index is 1.78. The fourth-order valence-corrected chi connectivity index (χ4v) is 5.01. The molecule has 3 aromatic carbocycles. The molecule has 144 valence electrons. The molecule has 3 aromatic rings. The number of aliphatic imine (C=N–C) groups is 1. The van der Waals surface area contributed by atoms with E-state index < -0.39 is 0 Å². The van der Waals surface area contributed by atoms with Gasteiger partial charge in [0.15, 0.2) is 5.17 Å². The summed E-state index contributed by atoms with van der Waals surface area (Å²) in [6.07, 6.45) is 1.80. The lowest BCUT2D eigenvalue weighted by atomic mass is 10.2. The Morgan fingerprint density at radius 3 is 2.14 bits per heavy atom. The average molecular weight is 530 g/mol. The summed E-state index contributed by atoms with van der Waals surface area (Å²) in [7, 11) is 0. The van der Waals surface area contributed by atoms with Crippen LogP contribution in [0.15, 0.2) is 91.6 Å². The fraction of sp³-hybridized carbons (Fsp3) is 0. The number of nitrogens with zero attached hydrogens (tertiary/aromatic N) is 2. The number of amidine groups is 1. The molecule has 0 saturated carbocycles. The lowest BCUT2D eigenvalue weighted by Crippen LogP contribution is -2.28. The van der Waals surface area contributed by atoms with Crippen LogP contribution in [0.5, 0.6) is 5.75 Å². The van der Waals surface area contributed by atoms with Crippen molar-refractivity contribution in [3.8, 4) is 5.75 Å². The van der Waals surface area contributed by atoms with Gasteiger partial charge in [-0.3, -0.25) is 9.69 Å². The van der Waals surface area contributed by atoms with E-state index in [0.29, 0.717) is 19.0 Å². The highest BCUT2D eigenvalue weighted by Crippen LogP contribution is 2.39. The molecule has 29 heavy (non-hydrogen) atoms. The van der Waals surface area contributed by atoms with Gasteiger partial charge in [-0.15, -0.1) is 0 Å². The highest BCUT2D eigenvalue weighted by Gasteiger charge is 2.34. The summed E-state index contributed by atoms with van der Waals surface area (Å²) in [5, 5.41) is 10.5. The zero-order valence-electron chi connectivity index (χ0n) is 14.9. The summed E-state index contributed by atoms with van der Waals surface area (Å²) in [4.78, 5) is 20.1. The molecule has 0 aromatic heterocycles. The van der Waals surface area contributed by atoms with Crippen molar-refractivity contribution in [3.05, 3.63) is 92.2 Å². The highest BCUT2D eigenvalue weighted by atomic mass is 79.9. The number of anilines is 1. The number of hydrogen-bond acceptors (Lipinski definition) is 4. The normalized spacial score (nSPS) is 16.8. The maximum Gasteiger partial charge on any atom is 0.271 e. The van der Waals surface area contributed by atoms with E-state index in [-0.39, 0.29) is 11.7 Å². The molecule has 0 aliphatic carbocycles. The topological polar surface area (TPSA) is 52.9 Å². The van der Waals surface area contributed by atoms with Gasteiger partial charge in [-0.1, -0.05) is 36.4 Å². The number of hydrogen-bond donors (Lipinski definition) is 1. The van der Waals surface area contributed by atoms with Crippen LogP contribution in [0.4, 0.5) is 11.4 Å². The maximum absolute atomic E-state index is 13.2. The van der Waals surface area contributed by atoms with Gasteiger partial charge in [0.2, 0.25) is 0 Å². The van der Waals surface area contributed by atoms with Crippen LogP contribution in [0.3, 0.4) is 0 Å². The van der Waals surface area contributed by atoms with Crippen molar-refractivity contribution in [1.82, 2.24) is 0 Å². The van der Waals surface area contributed by atoms with Crippen molar-refractivity contribution in [2.45, 2.75) is 0 Å². The highest BCUT2D eigenvalue weighted by molar-refractivity contribution is 9.11. The van der Waals surface area contributed by atoms with Crippen LogP contribution < -0.4 is 4.90 Å². The molecule has 1 aliphatic heterocycles. The molecule has 1 saturated heterocycles. The number of thioether (sulfide) groups is 1. The predicted molar refractivity (Wildman–Crippen MR) is 127 cm³/mol. The zero-order valence-corrected chi connectivity index (χ0v) is 18.9. The lowest BCUT2D eigenvalue weighted by Gasteiger charge is -2.15. The molecular formula is C22H14Br2N2O2S. The van der Waals surface area contributed by atoms with Gasteiger partial charge < -0.3 is 5.11 Å². The Bertz CT molecular complexity index is 1110. The third-order valence-electron chi connectivity index (χ3n) is 4.14. The van der Waals surface area contributed by atoms with Gasteiger partial charge in [-0.2, -0.15) is 0 Å². The molecule has 4 nitrogen and oxygen atoms in total. The van der Waals surface area contributed by atoms with E-state index in [1.165, 1.54) is 11.8 Å². The van der Waals surface area contributed by atoms with Gasteiger partial charge in [0.25, 0.3) is 5.91 Å². The number of carbonyl (C=O) groups excluding carboxylic acids is 1. The van der Waals surface area contributed by atoms with E-state index >= 15 is 0 Å². The first-order chi connectivity index (χ1) is 14.0. The Morgan fingerprint density at radius 1 is 0.931 bits per heavy atom. The number of carbonyl (C=O) groups is 1. The Labute approximate surface area is 189 Å². The number of phenols is 1. The number of phenolic OH excluding ortho intramolecular Hbond substituents is 1. The summed E-state index contributed by atoms with van der Waals surface area (Å²) >= 11 is 7.98. The second-order valence-electron chi connectivity index (χ2n) is 6.15. The fourth-order valence-electron chi connectivity index (χ4n) is 2.79. The molecule has 1 aliphatic rings. The summed E-state index contributed by atoms with van der Waals surface area (Å²) in [5.41, 5.74) is 2.32. The van der Waals surface area contributed by atoms with Gasteiger partial charge in [-0.25, -0.2) is 4.99 Å². The molecule has 1 amide bonds. The summed E-state index contributed by atoms with van der Waals surface area (Å²) in [5.74, 6) is -0.0222. The van der Waals surface area contributed by atoms with Crippen LogP contribution in [0.1, 0.15) is 5.56 Å². The van der Waals surface area contributed by atoms with Crippen LogP contribution >= 0.6 is 43.6 Å². The molecule has 7 heteroatoms. The number of rotatable bonds is 3. The Morgan fingerprint density at radius 2 is 1.52 bits per heavy atom. The van der Waals surface area contributed by atoms with Crippen molar-refractivity contribution >= 4 is 72.1 Å². The minimum absolute atomic E-state index is 0.120. The number of aromatic hydroxyl groups is 1. The van der Waals surface area contributed by atoms with Crippen LogP contribution in [0, 0.1) is 0 Å². The molecule has 0 atom stereocenters. The first-order valence-electron chi connectivity index (χ1n) is 8.64. The van der Waals surface area contributed by atoms with E-state index in [1.807, 2.05) is 60.7 Å². The number of benzene rings is 3. The molecule has 0 unspecified atom stereocenters. The maximum atomic E-state index is 13.2. The SMILES string of the molecule is O=C1/C(=C/c2cc(Br)c(O)c(Br)c2)SC(=Nc2ccccc2)N1c1ccccc1. The summed E-state index contributed by atoms with van der Waals surface area (Å²) < 4.78 is 1.10. The molecule has 0 bridgehead atoms. The standard InChI is InChI=1S/C22H14Br2N2O2S/c23-17-11-14(12-18(24)20(17)27)13-19-21(28)26(16-9-5-2-6-10-16)22(29-19)25-15-7-3-1-4-8-15/h1-13,27H/b19-13-,25-22?. The van der Waals surface area contributed by atoms with Crippen LogP contribution in [0.2, 0.25) is 0 Å². The monoisotopic (exact) mass is 528 g/mol. The third kappa shape index (κ3) is 4.32. The van der Waals surface area contributed by atoms with Gasteiger partial charge in [0.05, 0.1) is 25.2 Å². The largest absolute Gasteiger partial charge is 0.506 e. The van der Waals surface area contributed by atoms with E-state index in [9.17, 15) is 9.90 Å². The van der Waals surface area contributed by atoms with Gasteiger partial charge in [-0.05, 0) is 91.7 Å². The smallest absolute Gasteiger partial charge is 0.271 e. The van der Waals surface area contributed by atoms with Crippen LogP contribution in [-0.2, 0) is 4.79 Å². The van der Waals surface area contributed by atoms with Crippen LogP contribution in [-0.4, -0.2) is 16.2 Å². The quantitative estimate of drug-likeness (QED) is 0.383. The van der Waals surface area contributed by atoms with Crippen molar-refractivity contribution in [2.75, 3.05) is 4.90 Å². The summed E-state index contributed by atoms with van der Waals surface area (Å²) in [6.45, 7) is 0. The Kier molecular flexibility index (Phi) is 5.89. The Hall–Kier alpha value is -2.35. The van der Waals surface area contributed by atoms with Gasteiger partial charge >= 0.3 is 0 Å². The van der Waals surface area contributed by atoms with E-state index in [1.54, 1.807) is 23.1 Å². The third-order valence-corrected chi connectivity index (χ3v) is 6.32. The molecule has 1 fully saturated rings. The van der Waals surface area contributed by atoms with Crippen molar-refractivity contribution in [2.24, 2.45) is 4.99 Å². The minimum atomic E-state index is -0.142. The second-order valence-corrected chi connectivity index (χ2v) is 8.87. The number of para-hydroxylation sites is 2. The average Bonchev–Trinajstić information content (AvgIpc) is 3.02. The molecule has 1 heterocycles. The number of halogens is 2. The van der Waals surface area contributed by atoms with Gasteiger partial charge in [0.1, 0.15) is 5.75 Å². The molecule has 0 spiro atoms. The molecule has 4 rings (SSSR count). The second kappa shape index (κ2) is 8.57. The van der Waals surface area contributed by atoms with E-state index in [4.69, 9.17) is 4.99 Å². The van der Waals surface area contributed by atoms with Crippen molar-refractivity contribution < 1.29 is 9.90 Å². The van der Waals surface area contributed by atoms with E-state index in [2.05, 4.69) is 31.9 Å². The van der Waals surface area contributed by atoms with E-state index in [0.717, 1.165) is 16.9 Å². The van der Waals surface area contributed by atoms with Crippen molar-refractivity contribution in [3.63, 3.8) is 0 Å². The molecular weight excluding hydrogens is 516 g/mol. The summed E-state index contributed by atoms with van der Waals surface area (Å²) in [6, 6.07) is 22.5. The predicted octanol–water partition coefficient (Wildman–Crippen LogP) is 6.73. The molecule has 0 radical (unpaired) electrons. The first kappa shape index (κ1) is 19.9. The number of amides is 1. The van der Waals surface area contributed by atoms with Gasteiger partial charge in [0, 0.05) is 0 Å². The first-order valence-corrected chi connectivity index (χ1v) is 11.0. The minimum Gasteiger partial charge on any atom is -0.506 e. The zero-order chi connectivity index (χ0) is 20.4. The van der Waals surface area contributed by atoms with Crippen LogP contribution in [0.25, 0.3) is 6.08 Å². The molecule has 1 N–H and O–H groups in total. The lowest BCUT2D eigenvalue weighted by molar-refractivity contribution is -0.113.